The first-order valence-electron chi connectivity index (χ1n) is 26.9. The second-order valence-corrected chi connectivity index (χ2v) is 17.8. The summed E-state index contributed by atoms with van der Waals surface area (Å²) in [6.07, 6.45) is 66.1. The molecule has 368 valence electrons. The number of carbonyl (C=O) groups is 3. The van der Waals surface area contributed by atoms with Crippen LogP contribution >= 0.6 is 0 Å². The van der Waals surface area contributed by atoms with Crippen LogP contribution in [0.25, 0.3) is 0 Å². The van der Waals surface area contributed by atoms with Crippen LogP contribution in [0.3, 0.4) is 0 Å². The largest absolute Gasteiger partial charge is 0.462 e. The summed E-state index contributed by atoms with van der Waals surface area (Å²) < 4.78 is 16.8. The Morgan fingerprint density at radius 3 is 0.984 bits per heavy atom. The Morgan fingerprint density at radius 2 is 0.609 bits per heavy atom. The molecule has 0 amide bonds. The van der Waals surface area contributed by atoms with Crippen molar-refractivity contribution in [3.63, 3.8) is 0 Å². The Labute approximate surface area is 395 Å². The van der Waals surface area contributed by atoms with Crippen LogP contribution in [0, 0.1) is 0 Å². The summed E-state index contributed by atoms with van der Waals surface area (Å²) in [5.74, 6) is -0.929. The molecule has 0 aromatic carbocycles. The van der Waals surface area contributed by atoms with E-state index < -0.39 is 6.10 Å². The average molecular weight is 893 g/mol. The molecular weight excluding hydrogens is 793 g/mol. The van der Waals surface area contributed by atoms with Gasteiger partial charge in [0.25, 0.3) is 0 Å². The highest BCUT2D eigenvalue weighted by Gasteiger charge is 2.19. The summed E-state index contributed by atoms with van der Waals surface area (Å²) in [5.41, 5.74) is 0. The first kappa shape index (κ1) is 60.9. The van der Waals surface area contributed by atoms with Gasteiger partial charge in [-0.2, -0.15) is 0 Å². The second-order valence-electron chi connectivity index (χ2n) is 17.8. The van der Waals surface area contributed by atoms with Crippen LogP contribution in [0.5, 0.6) is 0 Å². The molecular formula is C58H100O6. The third-order valence-corrected chi connectivity index (χ3v) is 11.4. The molecule has 0 aromatic rings. The van der Waals surface area contributed by atoms with Gasteiger partial charge in [0.15, 0.2) is 6.10 Å². The molecule has 0 saturated heterocycles. The van der Waals surface area contributed by atoms with Gasteiger partial charge in [0.05, 0.1) is 0 Å². The Bertz CT molecular complexity index is 1210. The minimum atomic E-state index is -0.791. The maximum absolute atomic E-state index is 12.8. The first-order chi connectivity index (χ1) is 31.5. The molecule has 0 rings (SSSR count). The zero-order valence-electron chi connectivity index (χ0n) is 42.0. The average Bonchev–Trinajstić information content (AvgIpc) is 3.29. The van der Waals surface area contributed by atoms with Crippen molar-refractivity contribution in [3.05, 3.63) is 72.9 Å². The predicted molar refractivity (Wildman–Crippen MR) is 274 cm³/mol. The van der Waals surface area contributed by atoms with Gasteiger partial charge < -0.3 is 14.2 Å². The highest BCUT2D eigenvalue weighted by molar-refractivity contribution is 5.71. The van der Waals surface area contributed by atoms with Crippen LogP contribution in [0.1, 0.15) is 258 Å². The van der Waals surface area contributed by atoms with Crippen LogP contribution < -0.4 is 0 Å². The number of rotatable bonds is 48. The van der Waals surface area contributed by atoms with Gasteiger partial charge in [0.2, 0.25) is 0 Å². The smallest absolute Gasteiger partial charge is 0.306 e. The highest BCUT2D eigenvalue weighted by Crippen LogP contribution is 2.14. The molecule has 64 heavy (non-hydrogen) atoms. The quantitative estimate of drug-likeness (QED) is 0.0262. The van der Waals surface area contributed by atoms with Gasteiger partial charge in [-0.25, -0.2) is 0 Å². The number of allylic oxidation sites excluding steroid dienone is 12. The summed E-state index contributed by atoms with van der Waals surface area (Å²) in [7, 11) is 0. The lowest BCUT2D eigenvalue weighted by Gasteiger charge is -2.18. The van der Waals surface area contributed by atoms with E-state index in [4.69, 9.17) is 14.2 Å². The highest BCUT2D eigenvalue weighted by atomic mass is 16.6. The van der Waals surface area contributed by atoms with Crippen LogP contribution in [0.2, 0.25) is 0 Å². The molecule has 6 nitrogen and oxygen atoms in total. The first-order valence-corrected chi connectivity index (χ1v) is 26.9. The van der Waals surface area contributed by atoms with Crippen molar-refractivity contribution in [2.24, 2.45) is 0 Å². The number of esters is 3. The van der Waals surface area contributed by atoms with Crippen molar-refractivity contribution in [2.75, 3.05) is 13.2 Å². The lowest BCUT2D eigenvalue weighted by atomic mass is 10.1. The van der Waals surface area contributed by atoms with Gasteiger partial charge >= 0.3 is 17.9 Å². The topological polar surface area (TPSA) is 78.9 Å². The Morgan fingerprint density at radius 1 is 0.328 bits per heavy atom. The number of ether oxygens (including phenoxy) is 3. The maximum atomic E-state index is 12.8. The normalized spacial score (nSPS) is 12.6. The Balaban J connectivity index is 4.38. The summed E-state index contributed by atoms with van der Waals surface area (Å²) in [4.78, 5) is 37.9. The number of hydrogen-bond acceptors (Lipinski definition) is 6. The van der Waals surface area contributed by atoms with E-state index in [0.29, 0.717) is 19.3 Å². The predicted octanol–water partition coefficient (Wildman–Crippen LogP) is 17.8. The summed E-state index contributed by atoms with van der Waals surface area (Å²) >= 11 is 0. The summed E-state index contributed by atoms with van der Waals surface area (Å²) in [5, 5.41) is 0. The van der Waals surface area contributed by atoms with E-state index in [9.17, 15) is 14.4 Å². The van der Waals surface area contributed by atoms with E-state index >= 15 is 0 Å². The van der Waals surface area contributed by atoms with Gasteiger partial charge in [-0.3, -0.25) is 14.4 Å². The van der Waals surface area contributed by atoms with Gasteiger partial charge in [-0.15, -0.1) is 0 Å². The minimum absolute atomic E-state index is 0.0881. The fourth-order valence-corrected chi connectivity index (χ4v) is 7.40. The van der Waals surface area contributed by atoms with E-state index in [-0.39, 0.29) is 31.1 Å². The molecule has 0 saturated carbocycles. The fraction of sp³-hybridized carbons (Fsp3) is 0.741. The molecule has 0 spiro atoms. The van der Waals surface area contributed by atoms with Crippen LogP contribution in [0.15, 0.2) is 72.9 Å². The lowest BCUT2D eigenvalue weighted by molar-refractivity contribution is -0.167. The molecule has 6 heteroatoms. The van der Waals surface area contributed by atoms with Crippen molar-refractivity contribution in [1.29, 1.82) is 0 Å². The van der Waals surface area contributed by atoms with E-state index in [1.165, 1.54) is 109 Å². The molecule has 0 N–H and O–H groups in total. The lowest BCUT2D eigenvalue weighted by Crippen LogP contribution is -2.30. The standard InChI is InChI=1S/C58H100O6/c1-4-7-10-13-16-19-21-23-25-27-29-31-32-34-36-39-42-45-48-51-57(60)63-54-55(53-62-56(59)50-47-44-41-38-18-15-12-9-6-3)64-58(61)52-49-46-43-40-37-35-33-30-28-26-24-22-20-17-14-11-8-5-2/h7,10,16,19,23,25,29-31,33-34,36,55H,4-6,8-9,11-15,17-18,20-22,24,26-28,32,35,37-54H2,1-3H3/b10-7-,19-16-,25-23-,31-29-,33-30-,36-34-. The Kier molecular flexibility index (Phi) is 49.9. The van der Waals surface area contributed by atoms with Crippen molar-refractivity contribution in [2.45, 2.75) is 264 Å². The maximum Gasteiger partial charge on any atom is 0.306 e. The van der Waals surface area contributed by atoms with Gasteiger partial charge in [0.1, 0.15) is 13.2 Å². The zero-order valence-corrected chi connectivity index (χ0v) is 42.0. The molecule has 0 bridgehead atoms. The molecule has 0 fully saturated rings. The molecule has 0 aromatic heterocycles. The van der Waals surface area contributed by atoms with Crippen molar-refractivity contribution < 1.29 is 28.6 Å². The van der Waals surface area contributed by atoms with E-state index in [2.05, 4.69) is 93.7 Å². The fourth-order valence-electron chi connectivity index (χ4n) is 7.40. The monoisotopic (exact) mass is 893 g/mol. The van der Waals surface area contributed by atoms with Crippen molar-refractivity contribution in [3.8, 4) is 0 Å². The number of carbonyl (C=O) groups excluding carboxylic acids is 3. The minimum Gasteiger partial charge on any atom is -0.462 e. The third-order valence-electron chi connectivity index (χ3n) is 11.4. The van der Waals surface area contributed by atoms with E-state index in [0.717, 1.165) is 109 Å². The SMILES string of the molecule is CC/C=C\C/C=C\C/C=C\C/C=C\C/C=C\CCCCCC(=O)OCC(COC(=O)CCCCCCCCCCC)OC(=O)CCCCCCC/C=C\CCCCCCCCCCC. The second kappa shape index (κ2) is 52.5. The van der Waals surface area contributed by atoms with Gasteiger partial charge in [-0.05, 0) is 89.9 Å². The van der Waals surface area contributed by atoms with Crippen LogP contribution in [-0.2, 0) is 28.6 Å². The number of hydrogen-bond donors (Lipinski definition) is 0. The van der Waals surface area contributed by atoms with Crippen molar-refractivity contribution >= 4 is 17.9 Å². The molecule has 1 atom stereocenters. The van der Waals surface area contributed by atoms with Gasteiger partial charge in [0, 0.05) is 19.3 Å². The van der Waals surface area contributed by atoms with Crippen molar-refractivity contribution in [1.82, 2.24) is 0 Å². The van der Waals surface area contributed by atoms with Crippen LogP contribution in [0.4, 0.5) is 0 Å². The summed E-state index contributed by atoms with van der Waals surface area (Å²) in [6.45, 7) is 6.48. The third kappa shape index (κ3) is 49.9. The Hall–Kier alpha value is -3.15. The molecule has 0 aliphatic carbocycles. The van der Waals surface area contributed by atoms with Gasteiger partial charge in [-0.1, -0.05) is 222 Å². The molecule has 0 aliphatic rings. The zero-order chi connectivity index (χ0) is 46.5. The van der Waals surface area contributed by atoms with E-state index in [1.54, 1.807) is 0 Å². The van der Waals surface area contributed by atoms with E-state index in [1.807, 2.05) is 0 Å². The number of unbranched alkanes of at least 4 members (excludes halogenated alkanes) is 25. The molecule has 0 radical (unpaired) electrons. The molecule has 1 unspecified atom stereocenters. The molecule has 0 heterocycles. The van der Waals surface area contributed by atoms with Crippen LogP contribution in [-0.4, -0.2) is 37.2 Å². The summed E-state index contributed by atoms with van der Waals surface area (Å²) in [6, 6.07) is 0. The molecule has 0 aliphatic heterocycles.